The van der Waals surface area contributed by atoms with Crippen LogP contribution in [0, 0.1) is 6.92 Å². The maximum absolute atomic E-state index is 10.7. The monoisotopic (exact) mass is 204 g/mol. The predicted molar refractivity (Wildman–Crippen MR) is 46.2 cm³/mol. The molecule has 0 unspecified atom stereocenters. The molecule has 0 aromatic heterocycles. The molecule has 0 saturated heterocycles. The lowest BCUT2D eigenvalue weighted by molar-refractivity contribution is 0.383. The summed E-state index contributed by atoms with van der Waals surface area (Å²) >= 11 is 0. The van der Waals surface area contributed by atoms with E-state index in [-0.39, 0.29) is 5.75 Å². The van der Waals surface area contributed by atoms with Gasteiger partial charge in [0, 0.05) is 0 Å². The Bertz CT molecular complexity index is 381. The zero-order valence-electron chi connectivity index (χ0n) is 6.80. The molecule has 0 aliphatic rings. The molecule has 0 saturated carbocycles. The van der Waals surface area contributed by atoms with Crippen LogP contribution in [0.3, 0.4) is 0 Å². The summed E-state index contributed by atoms with van der Waals surface area (Å²) in [7, 11) is -4.51. The molecule has 1 aromatic carbocycles. The molecule has 0 bridgehead atoms. The standard InChI is InChI=1S/C7H9O5P/c1-4-2-6(9)7(3-5(4)8)13(10,11)12/h2-3,8-9H,1H3,(H2,10,11,12). The quantitative estimate of drug-likeness (QED) is 0.387. The second kappa shape index (κ2) is 3.03. The van der Waals surface area contributed by atoms with Gasteiger partial charge in [0.2, 0.25) is 0 Å². The Kier molecular flexibility index (Phi) is 2.34. The SMILES string of the molecule is Cc1cc(O)c(P(=O)(O)O)cc1O. The van der Waals surface area contributed by atoms with Gasteiger partial charge in [-0.05, 0) is 24.6 Å². The fourth-order valence-corrected chi connectivity index (χ4v) is 1.56. The van der Waals surface area contributed by atoms with Crippen LogP contribution in [0.15, 0.2) is 12.1 Å². The molecular weight excluding hydrogens is 195 g/mol. The third kappa shape index (κ3) is 2.01. The van der Waals surface area contributed by atoms with Gasteiger partial charge in [-0.3, -0.25) is 4.57 Å². The van der Waals surface area contributed by atoms with E-state index in [1.807, 2.05) is 0 Å². The number of rotatable bonds is 1. The highest BCUT2D eigenvalue weighted by atomic mass is 31.2. The van der Waals surface area contributed by atoms with Crippen LogP contribution < -0.4 is 5.30 Å². The van der Waals surface area contributed by atoms with Crippen LogP contribution in [0.5, 0.6) is 11.5 Å². The van der Waals surface area contributed by atoms with Crippen LogP contribution in [0.4, 0.5) is 0 Å². The lowest BCUT2D eigenvalue weighted by Crippen LogP contribution is -2.04. The van der Waals surface area contributed by atoms with E-state index in [0.29, 0.717) is 5.56 Å². The summed E-state index contributed by atoms with van der Waals surface area (Å²) in [5.74, 6) is -0.764. The first-order valence-electron chi connectivity index (χ1n) is 3.41. The van der Waals surface area contributed by atoms with E-state index in [1.165, 1.54) is 6.92 Å². The molecular formula is C7H9O5P. The summed E-state index contributed by atoms with van der Waals surface area (Å²) < 4.78 is 10.7. The second-order valence-corrected chi connectivity index (χ2v) is 4.24. The Morgan fingerprint density at radius 1 is 1.15 bits per heavy atom. The highest BCUT2D eigenvalue weighted by Crippen LogP contribution is 2.39. The van der Waals surface area contributed by atoms with Crippen molar-refractivity contribution in [1.82, 2.24) is 0 Å². The number of hydrogen-bond acceptors (Lipinski definition) is 3. The number of benzene rings is 1. The third-order valence-electron chi connectivity index (χ3n) is 1.61. The van der Waals surface area contributed by atoms with E-state index in [0.717, 1.165) is 12.1 Å². The third-order valence-corrected chi connectivity index (χ3v) is 2.59. The summed E-state index contributed by atoms with van der Waals surface area (Å²) in [5, 5.41) is 17.7. The molecule has 0 fully saturated rings. The molecule has 0 atom stereocenters. The normalized spacial score (nSPS) is 11.6. The van der Waals surface area contributed by atoms with Crippen molar-refractivity contribution in [3.8, 4) is 11.5 Å². The summed E-state index contributed by atoms with van der Waals surface area (Å²) in [4.78, 5) is 17.5. The highest BCUT2D eigenvalue weighted by Gasteiger charge is 2.22. The first-order chi connectivity index (χ1) is 5.82. The molecule has 6 heteroatoms. The minimum Gasteiger partial charge on any atom is -0.508 e. The molecule has 0 heterocycles. The number of hydrogen-bond donors (Lipinski definition) is 4. The van der Waals surface area contributed by atoms with Crippen molar-refractivity contribution >= 4 is 12.9 Å². The van der Waals surface area contributed by atoms with Crippen LogP contribution in [-0.2, 0) is 4.57 Å². The van der Waals surface area contributed by atoms with Gasteiger partial charge in [0.25, 0.3) is 0 Å². The second-order valence-electron chi connectivity index (χ2n) is 2.67. The Labute approximate surface area is 74.4 Å². The van der Waals surface area contributed by atoms with Gasteiger partial charge in [-0.25, -0.2) is 0 Å². The molecule has 0 spiro atoms. The molecule has 0 aliphatic carbocycles. The lowest BCUT2D eigenvalue weighted by atomic mass is 10.2. The van der Waals surface area contributed by atoms with Crippen molar-refractivity contribution in [2.45, 2.75) is 6.92 Å². The summed E-state index contributed by atoms with van der Waals surface area (Å²) in [6.45, 7) is 1.51. The molecule has 13 heavy (non-hydrogen) atoms. The molecule has 0 aliphatic heterocycles. The van der Waals surface area contributed by atoms with E-state index < -0.39 is 18.6 Å². The van der Waals surface area contributed by atoms with Crippen molar-refractivity contribution in [2.75, 3.05) is 0 Å². The minimum atomic E-state index is -4.51. The average Bonchev–Trinajstić information content (AvgIpc) is 1.94. The number of phenols is 2. The topological polar surface area (TPSA) is 98.0 Å². The van der Waals surface area contributed by atoms with Crippen molar-refractivity contribution in [3.05, 3.63) is 17.7 Å². The smallest absolute Gasteiger partial charge is 0.360 e. The zero-order valence-corrected chi connectivity index (χ0v) is 7.69. The van der Waals surface area contributed by atoms with Gasteiger partial charge in [-0.15, -0.1) is 0 Å². The van der Waals surface area contributed by atoms with E-state index >= 15 is 0 Å². The van der Waals surface area contributed by atoms with E-state index in [4.69, 9.17) is 20.0 Å². The lowest BCUT2D eigenvalue weighted by Gasteiger charge is -2.08. The van der Waals surface area contributed by atoms with E-state index in [2.05, 4.69) is 0 Å². The molecule has 1 rings (SSSR count). The molecule has 72 valence electrons. The predicted octanol–water partition coefficient (Wildman–Crippen LogP) is 0.209. The number of aromatic hydroxyl groups is 2. The molecule has 0 amide bonds. The van der Waals surface area contributed by atoms with Crippen molar-refractivity contribution in [3.63, 3.8) is 0 Å². The van der Waals surface area contributed by atoms with Gasteiger partial charge in [0.15, 0.2) is 0 Å². The van der Waals surface area contributed by atoms with Gasteiger partial charge in [0.05, 0.1) is 0 Å². The van der Waals surface area contributed by atoms with Crippen molar-refractivity contribution in [2.24, 2.45) is 0 Å². The maximum atomic E-state index is 10.7. The van der Waals surface area contributed by atoms with Crippen LogP contribution in [0.1, 0.15) is 5.56 Å². The maximum Gasteiger partial charge on any atom is 0.360 e. The Morgan fingerprint density at radius 2 is 1.69 bits per heavy atom. The van der Waals surface area contributed by atoms with Gasteiger partial charge in [0.1, 0.15) is 16.8 Å². The van der Waals surface area contributed by atoms with Crippen molar-refractivity contribution < 1.29 is 24.6 Å². The van der Waals surface area contributed by atoms with Gasteiger partial charge >= 0.3 is 7.60 Å². The molecule has 5 nitrogen and oxygen atoms in total. The van der Waals surface area contributed by atoms with Crippen molar-refractivity contribution in [1.29, 1.82) is 0 Å². The minimum absolute atomic E-state index is 0.254. The molecule has 0 radical (unpaired) electrons. The Balaban J connectivity index is 3.41. The molecule has 4 N–H and O–H groups in total. The first kappa shape index (κ1) is 10.1. The van der Waals surface area contributed by atoms with E-state index in [1.54, 1.807) is 0 Å². The zero-order chi connectivity index (χ0) is 10.2. The fraction of sp³-hybridized carbons (Fsp3) is 0.143. The fourth-order valence-electron chi connectivity index (χ4n) is 0.904. The Morgan fingerprint density at radius 3 is 2.15 bits per heavy atom. The average molecular weight is 204 g/mol. The van der Waals surface area contributed by atoms with Gasteiger partial charge < -0.3 is 20.0 Å². The van der Waals surface area contributed by atoms with Crippen LogP contribution in [0.25, 0.3) is 0 Å². The summed E-state index contributed by atoms with van der Waals surface area (Å²) in [5.41, 5.74) is 0.356. The summed E-state index contributed by atoms with van der Waals surface area (Å²) in [6.07, 6.45) is 0. The van der Waals surface area contributed by atoms with Gasteiger partial charge in [-0.2, -0.15) is 0 Å². The Hall–Kier alpha value is -1.03. The van der Waals surface area contributed by atoms with Crippen LogP contribution in [0.2, 0.25) is 0 Å². The number of phenolic OH excluding ortho intramolecular Hbond substituents is 2. The van der Waals surface area contributed by atoms with Crippen LogP contribution >= 0.6 is 7.60 Å². The number of aryl methyl sites for hydroxylation is 1. The van der Waals surface area contributed by atoms with Gasteiger partial charge in [-0.1, -0.05) is 0 Å². The first-order valence-corrected chi connectivity index (χ1v) is 5.02. The largest absolute Gasteiger partial charge is 0.508 e. The summed E-state index contributed by atoms with van der Waals surface area (Å²) in [6, 6.07) is 1.97. The van der Waals surface area contributed by atoms with Crippen LogP contribution in [-0.4, -0.2) is 20.0 Å². The highest BCUT2D eigenvalue weighted by molar-refractivity contribution is 7.60. The van der Waals surface area contributed by atoms with E-state index in [9.17, 15) is 4.57 Å². The molecule has 1 aromatic rings.